The van der Waals surface area contributed by atoms with Gasteiger partial charge in [0.2, 0.25) is 5.91 Å². The summed E-state index contributed by atoms with van der Waals surface area (Å²) in [5.41, 5.74) is 5.54. The molecule has 1 fully saturated rings. The molecular formula is C28H29N3O3. The molecule has 34 heavy (non-hydrogen) atoms. The lowest BCUT2D eigenvalue weighted by atomic mass is 9.88. The molecule has 3 aromatic carbocycles. The van der Waals surface area contributed by atoms with Crippen LogP contribution in [-0.4, -0.2) is 18.0 Å². The average Bonchev–Trinajstić information content (AvgIpc) is 2.89. The van der Waals surface area contributed by atoms with Gasteiger partial charge in [0.1, 0.15) is 12.4 Å². The number of benzene rings is 3. The molecule has 0 aliphatic heterocycles. The first-order valence-electron chi connectivity index (χ1n) is 11.7. The number of anilines is 1. The maximum absolute atomic E-state index is 12.5. The first-order chi connectivity index (χ1) is 16.7. The molecule has 0 aromatic heterocycles. The summed E-state index contributed by atoms with van der Waals surface area (Å²) in [5.74, 6) is 0.506. The quantitative estimate of drug-likeness (QED) is 0.345. The molecule has 0 bridgehead atoms. The van der Waals surface area contributed by atoms with Crippen molar-refractivity contribution < 1.29 is 14.3 Å². The minimum absolute atomic E-state index is 0.0645. The maximum Gasteiger partial charge on any atom is 0.271 e. The summed E-state index contributed by atoms with van der Waals surface area (Å²) < 4.78 is 5.92. The lowest BCUT2D eigenvalue weighted by molar-refractivity contribution is -0.120. The highest BCUT2D eigenvalue weighted by atomic mass is 16.5. The van der Waals surface area contributed by atoms with Crippen LogP contribution >= 0.6 is 0 Å². The Morgan fingerprint density at radius 2 is 1.59 bits per heavy atom. The Morgan fingerprint density at radius 3 is 2.35 bits per heavy atom. The number of hydrazone groups is 1. The molecule has 6 nitrogen and oxygen atoms in total. The summed E-state index contributed by atoms with van der Waals surface area (Å²) in [6.45, 7) is 0.446. The highest BCUT2D eigenvalue weighted by Gasteiger charge is 2.21. The van der Waals surface area contributed by atoms with Crippen molar-refractivity contribution in [2.24, 2.45) is 11.0 Å². The Kier molecular flexibility index (Phi) is 8.06. The first kappa shape index (κ1) is 23.2. The smallest absolute Gasteiger partial charge is 0.271 e. The molecule has 1 saturated carbocycles. The molecule has 1 aliphatic rings. The van der Waals surface area contributed by atoms with E-state index in [2.05, 4.69) is 15.8 Å². The topological polar surface area (TPSA) is 79.8 Å². The molecule has 0 heterocycles. The van der Waals surface area contributed by atoms with E-state index in [-0.39, 0.29) is 17.7 Å². The molecule has 174 valence electrons. The molecular weight excluding hydrogens is 426 g/mol. The van der Waals surface area contributed by atoms with E-state index in [9.17, 15) is 9.59 Å². The van der Waals surface area contributed by atoms with Crippen LogP contribution in [0.25, 0.3) is 0 Å². The largest absolute Gasteiger partial charge is 0.488 e. The molecule has 0 saturated heterocycles. The summed E-state index contributed by atoms with van der Waals surface area (Å²) in [6.07, 6.45) is 6.90. The fourth-order valence-corrected chi connectivity index (χ4v) is 3.99. The molecule has 3 aromatic rings. The predicted molar refractivity (Wildman–Crippen MR) is 134 cm³/mol. The molecule has 0 atom stereocenters. The molecule has 0 spiro atoms. The summed E-state index contributed by atoms with van der Waals surface area (Å²) in [4.78, 5) is 24.9. The highest BCUT2D eigenvalue weighted by Crippen LogP contribution is 2.25. The van der Waals surface area contributed by atoms with Crippen LogP contribution in [0.3, 0.4) is 0 Å². The molecule has 0 radical (unpaired) electrons. The van der Waals surface area contributed by atoms with Gasteiger partial charge in [-0.1, -0.05) is 61.7 Å². The van der Waals surface area contributed by atoms with E-state index in [1.807, 2.05) is 54.6 Å². The van der Waals surface area contributed by atoms with Crippen LogP contribution in [0, 0.1) is 5.92 Å². The predicted octanol–water partition coefficient (Wildman–Crippen LogP) is 5.55. The van der Waals surface area contributed by atoms with Crippen molar-refractivity contribution in [1.29, 1.82) is 0 Å². The monoisotopic (exact) mass is 455 g/mol. The number of amides is 2. The second kappa shape index (κ2) is 11.8. The normalized spacial score (nSPS) is 14.0. The maximum atomic E-state index is 12.5. The SMILES string of the molecule is O=C(N/N=C/c1ccccc1OCc1ccccc1)c1ccc(NC(=O)C2CCCCC2)cc1. The van der Waals surface area contributed by atoms with Gasteiger partial charge in [-0.25, -0.2) is 5.43 Å². The van der Waals surface area contributed by atoms with E-state index in [1.165, 1.54) is 6.42 Å². The zero-order valence-corrected chi connectivity index (χ0v) is 19.1. The van der Waals surface area contributed by atoms with Gasteiger partial charge in [-0.15, -0.1) is 0 Å². The van der Waals surface area contributed by atoms with Gasteiger partial charge in [-0.2, -0.15) is 5.10 Å². The third kappa shape index (κ3) is 6.54. The Morgan fingerprint density at radius 1 is 0.882 bits per heavy atom. The minimum Gasteiger partial charge on any atom is -0.488 e. The Hall–Kier alpha value is -3.93. The van der Waals surface area contributed by atoms with Gasteiger partial charge in [-0.3, -0.25) is 9.59 Å². The summed E-state index contributed by atoms with van der Waals surface area (Å²) in [7, 11) is 0. The van der Waals surface area contributed by atoms with E-state index < -0.39 is 0 Å². The van der Waals surface area contributed by atoms with Crippen molar-refractivity contribution in [3.05, 3.63) is 95.6 Å². The van der Waals surface area contributed by atoms with Crippen molar-refractivity contribution in [2.75, 3.05) is 5.32 Å². The first-order valence-corrected chi connectivity index (χ1v) is 11.7. The number of carbonyl (C=O) groups is 2. The Bertz CT molecular complexity index is 1120. The number of carbonyl (C=O) groups excluding carboxylic acids is 2. The zero-order chi connectivity index (χ0) is 23.6. The van der Waals surface area contributed by atoms with E-state index in [0.717, 1.165) is 36.8 Å². The average molecular weight is 456 g/mol. The number of hydrogen-bond acceptors (Lipinski definition) is 4. The molecule has 2 N–H and O–H groups in total. The van der Waals surface area contributed by atoms with Crippen LogP contribution in [0.1, 0.15) is 53.6 Å². The summed E-state index contributed by atoms with van der Waals surface area (Å²) in [5, 5.41) is 7.05. The standard InChI is InChI=1S/C28H29N3O3/c32-27(22-11-5-2-6-12-22)30-25-17-15-23(16-18-25)28(33)31-29-19-24-13-7-8-14-26(24)34-20-21-9-3-1-4-10-21/h1,3-4,7-10,13-19,22H,2,5-6,11-12,20H2,(H,30,32)(H,31,33)/b29-19+. The molecule has 0 unspecified atom stereocenters. The van der Waals surface area contributed by atoms with Crippen molar-refractivity contribution in [2.45, 2.75) is 38.7 Å². The summed E-state index contributed by atoms with van der Waals surface area (Å²) >= 11 is 0. The van der Waals surface area contributed by atoms with E-state index in [1.54, 1.807) is 30.5 Å². The molecule has 2 amide bonds. The number of ether oxygens (including phenoxy) is 1. The Labute approximate surface area is 200 Å². The van der Waals surface area contributed by atoms with Crippen molar-refractivity contribution >= 4 is 23.7 Å². The number of para-hydroxylation sites is 1. The second-order valence-electron chi connectivity index (χ2n) is 8.41. The molecule has 1 aliphatic carbocycles. The third-order valence-electron chi connectivity index (χ3n) is 5.92. The van der Waals surface area contributed by atoms with Crippen LogP contribution in [0.15, 0.2) is 84.0 Å². The van der Waals surface area contributed by atoms with Gasteiger partial charge < -0.3 is 10.1 Å². The lowest BCUT2D eigenvalue weighted by Gasteiger charge is -2.20. The van der Waals surface area contributed by atoms with Gasteiger partial charge in [0.25, 0.3) is 5.91 Å². The van der Waals surface area contributed by atoms with Crippen LogP contribution in [0.2, 0.25) is 0 Å². The fourth-order valence-electron chi connectivity index (χ4n) is 3.99. The number of hydrogen-bond donors (Lipinski definition) is 2. The second-order valence-corrected chi connectivity index (χ2v) is 8.41. The minimum atomic E-state index is -0.330. The highest BCUT2D eigenvalue weighted by molar-refractivity contribution is 5.96. The van der Waals surface area contributed by atoms with Crippen LogP contribution < -0.4 is 15.5 Å². The van der Waals surface area contributed by atoms with Gasteiger partial charge >= 0.3 is 0 Å². The van der Waals surface area contributed by atoms with Gasteiger partial charge in [0, 0.05) is 22.7 Å². The molecule has 4 rings (SSSR count). The number of nitrogens with zero attached hydrogens (tertiary/aromatic N) is 1. The van der Waals surface area contributed by atoms with Crippen LogP contribution in [-0.2, 0) is 11.4 Å². The van der Waals surface area contributed by atoms with E-state index in [0.29, 0.717) is 23.6 Å². The van der Waals surface area contributed by atoms with Crippen molar-refractivity contribution in [3.63, 3.8) is 0 Å². The number of nitrogens with one attached hydrogen (secondary N) is 2. The van der Waals surface area contributed by atoms with Crippen LogP contribution in [0.4, 0.5) is 5.69 Å². The summed E-state index contributed by atoms with van der Waals surface area (Å²) in [6, 6.07) is 24.3. The molecule has 6 heteroatoms. The van der Waals surface area contributed by atoms with Crippen molar-refractivity contribution in [1.82, 2.24) is 5.43 Å². The number of rotatable bonds is 8. The van der Waals surface area contributed by atoms with Crippen LogP contribution in [0.5, 0.6) is 5.75 Å². The zero-order valence-electron chi connectivity index (χ0n) is 19.1. The third-order valence-corrected chi connectivity index (χ3v) is 5.92. The van der Waals surface area contributed by atoms with Crippen molar-refractivity contribution in [3.8, 4) is 5.75 Å². The van der Waals surface area contributed by atoms with E-state index in [4.69, 9.17) is 4.74 Å². The van der Waals surface area contributed by atoms with E-state index >= 15 is 0 Å². The van der Waals surface area contributed by atoms with Gasteiger partial charge in [-0.05, 0) is 54.8 Å². The fraction of sp³-hybridized carbons (Fsp3) is 0.250. The Balaban J connectivity index is 1.30. The van der Waals surface area contributed by atoms with Gasteiger partial charge in [0.05, 0.1) is 6.21 Å². The van der Waals surface area contributed by atoms with Gasteiger partial charge in [0.15, 0.2) is 0 Å². The lowest BCUT2D eigenvalue weighted by Crippen LogP contribution is -2.24.